The number of carbonyl (C=O) groups is 2. The van der Waals surface area contributed by atoms with Crippen LogP contribution in [0.25, 0.3) is 0 Å². The van der Waals surface area contributed by atoms with Crippen LogP contribution >= 0.6 is 0 Å². The van der Waals surface area contributed by atoms with Gasteiger partial charge in [-0.1, -0.05) is 0 Å². The third-order valence-electron chi connectivity index (χ3n) is 3.02. The summed E-state index contributed by atoms with van der Waals surface area (Å²) in [5.41, 5.74) is -0.0388. The van der Waals surface area contributed by atoms with Crippen LogP contribution < -0.4 is 0 Å². The molecule has 1 aromatic rings. The van der Waals surface area contributed by atoms with Crippen molar-refractivity contribution in [1.82, 2.24) is 4.90 Å². The molecular formula is C13H17NO6. The zero-order valence-electron chi connectivity index (χ0n) is 11.4. The van der Waals surface area contributed by atoms with Crippen LogP contribution in [0.1, 0.15) is 27.8 Å². The second kappa shape index (κ2) is 6.06. The molecule has 1 N–H and O–H groups in total. The van der Waals surface area contributed by atoms with Crippen molar-refractivity contribution in [3.63, 3.8) is 0 Å². The number of nitrogens with zero attached hydrogens (tertiary/aromatic N) is 1. The Labute approximate surface area is 116 Å². The number of aromatic carboxylic acids is 1. The molecule has 0 saturated carbocycles. The summed E-state index contributed by atoms with van der Waals surface area (Å²) in [6.45, 7) is 3.09. The van der Waals surface area contributed by atoms with Crippen LogP contribution in [-0.4, -0.2) is 60.9 Å². The maximum atomic E-state index is 12.3. The van der Waals surface area contributed by atoms with Gasteiger partial charge in [-0.25, -0.2) is 4.79 Å². The Balaban J connectivity index is 2.08. The smallest absolute Gasteiger partial charge is 0.338 e. The van der Waals surface area contributed by atoms with E-state index < -0.39 is 5.97 Å². The number of hydrogen-bond donors (Lipinski definition) is 1. The van der Waals surface area contributed by atoms with E-state index in [9.17, 15) is 9.59 Å². The lowest BCUT2D eigenvalue weighted by Crippen LogP contribution is -2.50. The van der Waals surface area contributed by atoms with Crippen LogP contribution in [0.4, 0.5) is 0 Å². The van der Waals surface area contributed by atoms with Crippen LogP contribution in [0, 0.1) is 0 Å². The molecule has 0 aromatic carbocycles. The van der Waals surface area contributed by atoms with Gasteiger partial charge in [-0.2, -0.15) is 0 Å². The largest absolute Gasteiger partial charge is 0.478 e. The first-order valence-corrected chi connectivity index (χ1v) is 6.26. The van der Waals surface area contributed by atoms with Gasteiger partial charge in [0.05, 0.1) is 24.4 Å². The average molecular weight is 283 g/mol. The molecule has 1 aliphatic heterocycles. The zero-order valence-corrected chi connectivity index (χ0v) is 11.4. The van der Waals surface area contributed by atoms with Crippen molar-refractivity contribution in [2.45, 2.75) is 19.1 Å². The third kappa shape index (κ3) is 3.17. The average Bonchev–Trinajstić information content (AvgIpc) is 2.87. The van der Waals surface area contributed by atoms with Crippen LogP contribution in [0.15, 0.2) is 16.7 Å². The molecule has 20 heavy (non-hydrogen) atoms. The van der Waals surface area contributed by atoms with E-state index in [1.807, 2.05) is 6.92 Å². The molecule has 2 unspecified atom stereocenters. The third-order valence-corrected chi connectivity index (χ3v) is 3.02. The quantitative estimate of drug-likeness (QED) is 0.881. The summed E-state index contributed by atoms with van der Waals surface area (Å²) in [5.74, 6) is -1.44. The van der Waals surface area contributed by atoms with E-state index in [-0.39, 0.29) is 29.4 Å². The fourth-order valence-corrected chi connectivity index (χ4v) is 2.21. The highest BCUT2D eigenvalue weighted by Gasteiger charge is 2.30. The molecule has 1 aliphatic rings. The number of methoxy groups -OCH3 is 1. The number of carboxylic acid groups (broad SMARTS) is 1. The fraction of sp³-hybridized carbons (Fsp3) is 0.538. The number of carboxylic acids is 1. The number of carbonyl (C=O) groups excluding carboxylic acids is 1. The molecule has 0 aliphatic carbocycles. The van der Waals surface area contributed by atoms with E-state index in [4.69, 9.17) is 19.0 Å². The first kappa shape index (κ1) is 14.5. The van der Waals surface area contributed by atoms with Crippen molar-refractivity contribution in [3.05, 3.63) is 23.7 Å². The summed E-state index contributed by atoms with van der Waals surface area (Å²) >= 11 is 0. The predicted molar refractivity (Wildman–Crippen MR) is 67.8 cm³/mol. The van der Waals surface area contributed by atoms with Gasteiger partial charge < -0.3 is 23.9 Å². The molecule has 0 spiro atoms. The highest BCUT2D eigenvalue weighted by atomic mass is 16.5. The molecule has 7 heteroatoms. The van der Waals surface area contributed by atoms with E-state index in [0.717, 1.165) is 6.26 Å². The molecule has 1 amide bonds. The SMILES string of the molecule is COCC1CN(C(=O)c2cc(C(=O)O)co2)CC(C)O1. The summed E-state index contributed by atoms with van der Waals surface area (Å²) < 4.78 is 15.7. The molecule has 7 nitrogen and oxygen atoms in total. The summed E-state index contributed by atoms with van der Waals surface area (Å²) in [4.78, 5) is 24.6. The summed E-state index contributed by atoms with van der Waals surface area (Å²) in [7, 11) is 1.57. The Bertz CT molecular complexity index is 497. The number of amides is 1. The lowest BCUT2D eigenvalue weighted by atomic mass is 10.2. The van der Waals surface area contributed by atoms with Crippen LogP contribution in [0.2, 0.25) is 0 Å². The van der Waals surface area contributed by atoms with Gasteiger partial charge in [-0.3, -0.25) is 4.79 Å². The number of furan rings is 1. The molecule has 1 fully saturated rings. The second-order valence-electron chi connectivity index (χ2n) is 4.74. The maximum Gasteiger partial charge on any atom is 0.338 e. The first-order chi connectivity index (χ1) is 9.51. The first-order valence-electron chi connectivity index (χ1n) is 6.26. The monoisotopic (exact) mass is 283 g/mol. The number of ether oxygens (including phenoxy) is 2. The standard InChI is InChI=1S/C13H17NO6/c1-8-4-14(5-10(20-8)7-18-2)12(15)11-3-9(6-19-11)13(16)17/h3,6,8,10H,4-5,7H2,1-2H3,(H,16,17). The topological polar surface area (TPSA) is 89.2 Å². The van der Waals surface area contributed by atoms with Gasteiger partial charge in [0.15, 0.2) is 5.76 Å². The zero-order chi connectivity index (χ0) is 14.7. The Kier molecular flexibility index (Phi) is 4.41. The molecule has 110 valence electrons. The van der Waals surface area contributed by atoms with Gasteiger partial charge >= 0.3 is 5.97 Å². The van der Waals surface area contributed by atoms with Gasteiger partial charge in [0.2, 0.25) is 0 Å². The van der Waals surface area contributed by atoms with Gasteiger partial charge in [0, 0.05) is 26.3 Å². The lowest BCUT2D eigenvalue weighted by Gasteiger charge is -2.36. The predicted octanol–water partition coefficient (Wildman–Crippen LogP) is 0.854. The fourth-order valence-electron chi connectivity index (χ4n) is 2.21. The molecule has 2 heterocycles. The maximum absolute atomic E-state index is 12.3. The normalized spacial score (nSPS) is 22.8. The molecular weight excluding hydrogens is 266 g/mol. The van der Waals surface area contributed by atoms with E-state index >= 15 is 0 Å². The Morgan fingerprint density at radius 3 is 2.85 bits per heavy atom. The van der Waals surface area contributed by atoms with Crippen LogP contribution in [0.3, 0.4) is 0 Å². The van der Waals surface area contributed by atoms with Gasteiger partial charge in [-0.05, 0) is 6.92 Å². The van der Waals surface area contributed by atoms with Crippen molar-refractivity contribution in [2.24, 2.45) is 0 Å². The molecule has 1 aromatic heterocycles. The Morgan fingerprint density at radius 1 is 1.50 bits per heavy atom. The number of morpholine rings is 1. The minimum atomic E-state index is -1.12. The summed E-state index contributed by atoms with van der Waals surface area (Å²) in [6, 6.07) is 1.23. The summed E-state index contributed by atoms with van der Waals surface area (Å²) in [5, 5.41) is 8.82. The minimum absolute atomic E-state index is 0.0210. The Hall–Kier alpha value is -1.86. The van der Waals surface area contributed by atoms with E-state index in [1.165, 1.54) is 6.07 Å². The molecule has 1 saturated heterocycles. The van der Waals surface area contributed by atoms with Gasteiger partial charge in [-0.15, -0.1) is 0 Å². The van der Waals surface area contributed by atoms with Crippen LogP contribution in [-0.2, 0) is 9.47 Å². The van der Waals surface area contributed by atoms with E-state index in [2.05, 4.69) is 0 Å². The highest BCUT2D eigenvalue weighted by Crippen LogP contribution is 2.16. The van der Waals surface area contributed by atoms with Crippen molar-refractivity contribution < 1.29 is 28.6 Å². The number of hydrogen-bond acceptors (Lipinski definition) is 5. The van der Waals surface area contributed by atoms with Gasteiger partial charge in [0.1, 0.15) is 6.26 Å². The van der Waals surface area contributed by atoms with Crippen LogP contribution in [0.5, 0.6) is 0 Å². The minimum Gasteiger partial charge on any atom is -0.478 e. The number of rotatable bonds is 4. The van der Waals surface area contributed by atoms with Crippen molar-refractivity contribution in [3.8, 4) is 0 Å². The van der Waals surface area contributed by atoms with Gasteiger partial charge in [0.25, 0.3) is 5.91 Å². The van der Waals surface area contributed by atoms with Crippen molar-refractivity contribution in [2.75, 3.05) is 26.8 Å². The van der Waals surface area contributed by atoms with Crippen molar-refractivity contribution >= 4 is 11.9 Å². The highest BCUT2D eigenvalue weighted by molar-refractivity contribution is 5.95. The van der Waals surface area contributed by atoms with Crippen molar-refractivity contribution in [1.29, 1.82) is 0 Å². The molecule has 2 rings (SSSR count). The lowest BCUT2D eigenvalue weighted by molar-refractivity contribution is -0.0922. The molecule has 2 atom stereocenters. The van der Waals surface area contributed by atoms with E-state index in [0.29, 0.717) is 19.7 Å². The Morgan fingerprint density at radius 2 is 2.25 bits per heavy atom. The van der Waals surface area contributed by atoms with E-state index in [1.54, 1.807) is 12.0 Å². The summed E-state index contributed by atoms with van der Waals surface area (Å²) in [6.07, 6.45) is 0.759. The molecule has 0 radical (unpaired) electrons. The second-order valence-corrected chi connectivity index (χ2v) is 4.74. The molecule has 0 bridgehead atoms.